The Hall–Kier alpha value is -1.49. The summed E-state index contributed by atoms with van der Waals surface area (Å²) < 4.78 is 1.36. The Kier molecular flexibility index (Phi) is 1.41. The molecule has 1 aromatic heterocycles. The van der Waals surface area contributed by atoms with Crippen molar-refractivity contribution in [1.82, 2.24) is 9.78 Å². The van der Waals surface area contributed by atoms with E-state index in [4.69, 9.17) is 0 Å². The van der Waals surface area contributed by atoms with Crippen LogP contribution in [-0.2, 0) is 4.79 Å². The van der Waals surface area contributed by atoms with Crippen LogP contribution in [0, 0.1) is 0 Å². The van der Waals surface area contributed by atoms with Gasteiger partial charge in [-0.2, -0.15) is 5.10 Å². The largest absolute Gasteiger partial charge is 0.326 e. The lowest BCUT2D eigenvalue weighted by Crippen LogP contribution is -2.85. The number of hydrogen-bond donors (Lipinski definition) is 1. The Morgan fingerprint density at radius 3 is 2.93 bits per heavy atom. The molecule has 0 unspecified atom stereocenters. The molecule has 1 aromatic rings. The maximum absolute atomic E-state index is 11.4. The van der Waals surface area contributed by atoms with Crippen molar-refractivity contribution in [2.75, 3.05) is 0 Å². The lowest BCUT2D eigenvalue weighted by atomic mass is 10.2. The molecule has 0 saturated heterocycles. The third-order valence-corrected chi connectivity index (χ3v) is 2.71. The highest BCUT2D eigenvalue weighted by molar-refractivity contribution is 5.97. The van der Waals surface area contributed by atoms with Crippen LogP contribution in [0.4, 0.5) is 5.82 Å². The second-order valence-corrected chi connectivity index (χ2v) is 3.85. The van der Waals surface area contributed by atoms with Gasteiger partial charge in [0.05, 0.1) is 11.8 Å². The molecule has 0 spiro atoms. The summed E-state index contributed by atoms with van der Waals surface area (Å²) in [6.45, 7) is 0. The van der Waals surface area contributed by atoms with Crippen molar-refractivity contribution >= 4 is 17.6 Å². The van der Waals surface area contributed by atoms with E-state index in [2.05, 4.69) is 5.10 Å². The lowest BCUT2D eigenvalue weighted by Gasteiger charge is -2.08. The number of carbonyl (C=O) groups excluding carboxylic acids is 2. The first-order chi connectivity index (χ1) is 6.75. The fourth-order valence-corrected chi connectivity index (χ4v) is 1.85. The van der Waals surface area contributed by atoms with Gasteiger partial charge in [-0.15, -0.1) is 4.68 Å². The van der Waals surface area contributed by atoms with Gasteiger partial charge in [-0.1, -0.05) is 0 Å². The first kappa shape index (κ1) is 7.87. The van der Waals surface area contributed by atoms with Gasteiger partial charge < -0.3 is 0 Å². The molecule has 3 rings (SSSR count). The molecule has 2 heterocycles. The van der Waals surface area contributed by atoms with Gasteiger partial charge in [0.25, 0.3) is 5.91 Å². The molecule has 1 aliphatic heterocycles. The lowest BCUT2D eigenvalue weighted by molar-refractivity contribution is -0.491. The van der Waals surface area contributed by atoms with Gasteiger partial charge >= 0.3 is 5.91 Å². The fourth-order valence-electron chi connectivity index (χ4n) is 1.85. The van der Waals surface area contributed by atoms with Gasteiger partial charge in [0.2, 0.25) is 5.82 Å². The van der Waals surface area contributed by atoms with Gasteiger partial charge in [0, 0.05) is 0 Å². The summed E-state index contributed by atoms with van der Waals surface area (Å²) in [5.41, 5.74) is 1.06. The van der Waals surface area contributed by atoms with Crippen molar-refractivity contribution in [1.29, 1.82) is 0 Å². The smallest absolute Gasteiger partial charge is 0.272 e. The maximum atomic E-state index is 11.4. The quantitative estimate of drug-likeness (QED) is 0.611. The van der Waals surface area contributed by atoms with Crippen LogP contribution >= 0.6 is 0 Å². The molecule has 0 bridgehead atoms. The van der Waals surface area contributed by atoms with Crippen LogP contribution in [0.15, 0.2) is 6.20 Å². The van der Waals surface area contributed by atoms with E-state index in [0.29, 0.717) is 11.7 Å². The molecule has 5 heteroatoms. The monoisotopic (exact) mass is 192 g/mol. The molecule has 1 aliphatic carbocycles. The van der Waals surface area contributed by atoms with Crippen molar-refractivity contribution in [2.45, 2.75) is 25.2 Å². The predicted molar refractivity (Wildman–Crippen MR) is 46.0 cm³/mol. The number of amides is 1. The highest BCUT2D eigenvalue weighted by Gasteiger charge is 2.36. The van der Waals surface area contributed by atoms with Crippen LogP contribution in [0.2, 0.25) is 0 Å². The summed E-state index contributed by atoms with van der Waals surface area (Å²) >= 11 is 0. The average Bonchev–Trinajstić information content (AvgIpc) is 2.87. The molecule has 0 radical (unpaired) electrons. The second-order valence-electron chi connectivity index (χ2n) is 3.85. The first-order valence-corrected chi connectivity index (χ1v) is 4.74. The number of fused-ring (bicyclic) bond motifs is 1. The normalized spacial score (nSPS) is 21.1. The van der Waals surface area contributed by atoms with Gasteiger partial charge in [-0.05, 0) is 18.8 Å². The van der Waals surface area contributed by atoms with Crippen LogP contribution in [0.1, 0.15) is 35.5 Å². The van der Waals surface area contributed by atoms with E-state index >= 15 is 0 Å². The molecule has 72 valence electrons. The zero-order chi connectivity index (χ0) is 9.71. The van der Waals surface area contributed by atoms with E-state index in [1.807, 2.05) is 0 Å². The number of hydrogen-bond acceptors (Lipinski definition) is 3. The van der Waals surface area contributed by atoms with E-state index in [1.54, 1.807) is 11.5 Å². The number of nitrogens with two attached hydrogens (primary N) is 1. The molecular formula is C9H10N3O2+. The van der Waals surface area contributed by atoms with Crippen molar-refractivity contribution in [3.05, 3.63) is 11.8 Å². The maximum Gasteiger partial charge on any atom is 0.326 e. The highest BCUT2D eigenvalue weighted by atomic mass is 16.2. The van der Waals surface area contributed by atoms with Gasteiger partial charge in [0.1, 0.15) is 6.42 Å². The molecule has 1 saturated carbocycles. The standard InChI is InChI=1S/C9H9N3O2/c13-7-3-8(14)12-9(11-7)6(4-10-12)5-1-2-5/h4-5H,1-3H2,(H,11,13)/p+1. The van der Waals surface area contributed by atoms with Gasteiger partial charge in [-0.25, -0.2) is 10.1 Å². The van der Waals surface area contributed by atoms with Crippen molar-refractivity contribution in [3.8, 4) is 0 Å². The third-order valence-electron chi connectivity index (χ3n) is 2.71. The SMILES string of the molecule is O=C1CC(=O)n2ncc(C3CC3)c2[NH2+]1. The molecule has 2 N–H and O–H groups in total. The number of carbonyl (C=O) groups is 2. The summed E-state index contributed by atoms with van der Waals surface area (Å²) in [4.78, 5) is 22.6. The molecular weight excluding hydrogens is 182 g/mol. The van der Waals surface area contributed by atoms with Crippen LogP contribution < -0.4 is 5.32 Å². The molecule has 0 aromatic carbocycles. The first-order valence-electron chi connectivity index (χ1n) is 4.74. The molecule has 2 aliphatic rings. The van der Waals surface area contributed by atoms with Crippen LogP contribution in [0.3, 0.4) is 0 Å². The minimum atomic E-state index is -0.209. The van der Waals surface area contributed by atoms with Crippen LogP contribution in [-0.4, -0.2) is 21.6 Å². The van der Waals surface area contributed by atoms with Crippen molar-refractivity contribution < 1.29 is 14.9 Å². The van der Waals surface area contributed by atoms with E-state index in [-0.39, 0.29) is 18.2 Å². The number of primary amides is 1. The van der Waals surface area contributed by atoms with E-state index < -0.39 is 0 Å². The molecule has 5 nitrogen and oxygen atoms in total. The predicted octanol–water partition coefficient (Wildman–Crippen LogP) is -0.474. The number of quaternary nitrogens is 1. The number of nitrogens with zero attached hydrogens (tertiary/aromatic N) is 2. The molecule has 1 amide bonds. The van der Waals surface area contributed by atoms with Gasteiger partial charge in [-0.3, -0.25) is 4.79 Å². The highest BCUT2D eigenvalue weighted by Crippen LogP contribution is 2.42. The van der Waals surface area contributed by atoms with E-state index in [1.165, 1.54) is 4.68 Å². The Bertz CT molecular complexity index is 431. The van der Waals surface area contributed by atoms with Crippen molar-refractivity contribution in [3.63, 3.8) is 0 Å². The molecule has 1 fully saturated rings. The minimum Gasteiger partial charge on any atom is -0.272 e. The zero-order valence-electron chi connectivity index (χ0n) is 7.56. The number of aromatic nitrogens is 2. The number of rotatable bonds is 1. The summed E-state index contributed by atoms with van der Waals surface area (Å²) in [7, 11) is 0. The van der Waals surface area contributed by atoms with E-state index in [9.17, 15) is 9.59 Å². The second kappa shape index (κ2) is 2.51. The average molecular weight is 192 g/mol. The summed E-state index contributed by atoms with van der Waals surface area (Å²) in [5, 5.41) is 5.56. The Balaban J connectivity index is 2.10. The Morgan fingerprint density at radius 1 is 1.43 bits per heavy atom. The van der Waals surface area contributed by atoms with Gasteiger partial charge in [0.15, 0.2) is 0 Å². The molecule has 0 atom stereocenters. The third kappa shape index (κ3) is 1.02. The Labute approximate surface area is 80.1 Å². The van der Waals surface area contributed by atoms with E-state index in [0.717, 1.165) is 18.4 Å². The summed E-state index contributed by atoms with van der Waals surface area (Å²) in [6.07, 6.45) is 3.97. The molecule has 14 heavy (non-hydrogen) atoms. The van der Waals surface area contributed by atoms with Crippen LogP contribution in [0.25, 0.3) is 0 Å². The van der Waals surface area contributed by atoms with Crippen molar-refractivity contribution in [2.24, 2.45) is 0 Å². The van der Waals surface area contributed by atoms with Crippen LogP contribution in [0.5, 0.6) is 0 Å². The zero-order valence-corrected chi connectivity index (χ0v) is 7.56. The fraction of sp³-hybridized carbons (Fsp3) is 0.444. The summed E-state index contributed by atoms with van der Waals surface area (Å²) in [5.74, 6) is 0.923. The minimum absolute atomic E-state index is 0.0429. The topological polar surface area (TPSA) is 68.6 Å². The Morgan fingerprint density at radius 2 is 2.21 bits per heavy atom. The summed E-state index contributed by atoms with van der Waals surface area (Å²) in [6, 6.07) is 0.